The predicted octanol–water partition coefficient (Wildman–Crippen LogP) is 3.62. The van der Waals surface area contributed by atoms with Crippen LogP contribution in [0, 0.1) is 11.3 Å². The second kappa shape index (κ2) is 6.93. The van der Waals surface area contributed by atoms with Crippen molar-refractivity contribution >= 4 is 0 Å². The maximum atomic E-state index is 8.80. The van der Waals surface area contributed by atoms with Gasteiger partial charge in [0.15, 0.2) is 0 Å². The number of aryl methyl sites for hydroxylation is 1. The molecule has 0 saturated heterocycles. The summed E-state index contributed by atoms with van der Waals surface area (Å²) in [6, 6.07) is 12.3. The fourth-order valence-electron chi connectivity index (χ4n) is 2.23. The summed E-state index contributed by atoms with van der Waals surface area (Å²) in [6.07, 6.45) is 5.48. The summed E-state index contributed by atoms with van der Waals surface area (Å²) in [5.74, 6) is 0. The highest BCUT2D eigenvalue weighted by atomic mass is 14.9. The zero-order valence-corrected chi connectivity index (χ0v) is 12.1. The summed E-state index contributed by atoms with van der Waals surface area (Å²) in [7, 11) is 0. The van der Waals surface area contributed by atoms with E-state index >= 15 is 0 Å². The van der Waals surface area contributed by atoms with Crippen molar-refractivity contribution in [3.8, 4) is 6.07 Å². The van der Waals surface area contributed by atoms with Crippen LogP contribution in [0.1, 0.15) is 43.0 Å². The second-order valence-electron chi connectivity index (χ2n) is 5.09. The summed E-state index contributed by atoms with van der Waals surface area (Å²) in [5.41, 5.74) is 3.22. The van der Waals surface area contributed by atoms with Gasteiger partial charge in [0.05, 0.1) is 11.6 Å². The van der Waals surface area contributed by atoms with Gasteiger partial charge in [0, 0.05) is 31.5 Å². The van der Waals surface area contributed by atoms with E-state index in [1.54, 1.807) is 0 Å². The molecule has 0 fully saturated rings. The Bertz CT molecular complexity index is 575. The van der Waals surface area contributed by atoms with Crippen LogP contribution in [0.3, 0.4) is 0 Å². The third kappa shape index (κ3) is 3.72. The van der Waals surface area contributed by atoms with Gasteiger partial charge in [-0.2, -0.15) is 5.26 Å². The Balaban J connectivity index is 1.90. The number of nitrogens with one attached hydrogen (secondary N) is 1. The van der Waals surface area contributed by atoms with E-state index in [1.807, 2.05) is 24.3 Å². The van der Waals surface area contributed by atoms with Crippen molar-refractivity contribution in [2.24, 2.45) is 0 Å². The van der Waals surface area contributed by atoms with Crippen molar-refractivity contribution in [1.82, 2.24) is 9.88 Å². The van der Waals surface area contributed by atoms with Crippen LogP contribution in [0.5, 0.6) is 0 Å². The molecule has 2 rings (SSSR count). The number of aromatic nitrogens is 1. The fourth-order valence-corrected chi connectivity index (χ4v) is 2.23. The van der Waals surface area contributed by atoms with Crippen LogP contribution < -0.4 is 5.32 Å². The zero-order valence-electron chi connectivity index (χ0n) is 12.1. The first-order chi connectivity index (χ1) is 9.72. The molecule has 1 heterocycles. The molecule has 2 aromatic rings. The maximum absolute atomic E-state index is 8.80. The van der Waals surface area contributed by atoms with E-state index in [9.17, 15) is 0 Å². The number of hydrogen-bond donors (Lipinski definition) is 1. The molecule has 1 aromatic carbocycles. The lowest BCUT2D eigenvalue weighted by atomic mass is 10.1. The Labute approximate surface area is 120 Å². The third-order valence-corrected chi connectivity index (χ3v) is 3.45. The smallest absolute Gasteiger partial charge is 0.0991 e. The molecule has 1 unspecified atom stereocenters. The van der Waals surface area contributed by atoms with Crippen molar-refractivity contribution in [1.29, 1.82) is 5.26 Å². The van der Waals surface area contributed by atoms with Crippen molar-refractivity contribution in [2.75, 3.05) is 0 Å². The van der Waals surface area contributed by atoms with E-state index in [4.69, 9.17) is 5.26 Å². The Hall–Kier alpha value is -2.05. The van der Waals surface area contributed by atoms with E-state index in [0.29, 0.717) is 5.56 Å². The summed E-state index contributed by atoms with van der Waals surface area (Å²) in [6.45, 7) is 6.26. The lowest BCUT2D eigenvalue weighted by Crippen LogP contribution is -2.17. The average molecular weight is 267 g/mol. The Kier molecular flexibility index (Phi) is 4.97. The average Bonchev–Trinajstić information content (AvgIpc) is 2.93. The SMILES string of the molecule is CCCn1ccc(CNC(C)c2ccc(C#N)cc2)c1. The fraction of sp³-hybridized carbons (Fsp3) is 0.353. The Morgan fingerprint density at radius 2 is 2.00 bits per heavy atom. The molecule has 3 nitrogen and oxygen atoms in total. The molecule has 0 aliphatic heterocycles. The molecular weight excluding hydrogens is 246 g/mol. The van der Waals surface area contributed by atoms with Crippen LogP contribution in [0.25, 0.3) is 0 Å². The van der Waals surface area contributed by atoms with Crippen LogP contribution in [0.15, 0.2) is 42.7 Å². The highest BCUT2D eigenvalue weighted by molar-refractivity contribution is 5.32. The minimum absolute atomic E-state index is 0.275. The molecule has 1 N–H and O–H groups in total. The molecule has 0 amide bonds. The van der Waals surface area contributed by atoms with Gasteiger partial charge in [0.2, 0.25) is 0 Å². The normalized spacial score (nSPS) is 12.1. The van der Waals surface area contributed by atoms with Crippen LogP contribution in [0.2, 0.25) is 0 Å². The van der Waals surface area contributed by atoms with E-state index in [0.717, 1.165) is 19.5 Å². The number of benzene rings is 1. The van der Waals surface area contributed by atoms with Crippen molar-refractivity contribution in [3.63, 3.8) is 0 Å². The highest BCUT2D eigenvalue weighted by Gasteiger charge is 2.05. The van der Waals surface area contributed by atoms with Gasteiger partial charge in [-0.25, -0.2) is 0 Å². The Morgan fingerprint density at radius 1 is 1.25 bits per heavy atom. The van der Waals surface area contributed by atoms with Gasteiger partial charge in [0.25, 0.3) is 0 Å². The lowest BCUT2D eigenvalue weighted by molar-refractivity contribution is 0.573. The molecule has 0 saturated carbocycles. The molecule has 20 heavy (non-hydrogen) atoms. The quantitative estimate of drug-likeness (QED) is 0.868. The van der Waals surface area contributed by atoms with Crippen LogP contribution in [-0.2, 0) is 13.1 Å². The summed E-state index contributed by atoms with van der Waals surface area (Å²) < 4.78 is 2.23. The van der Waals surface area contributed by atoms with Crippen molar-refractivity contribution in [2.45, 2.75) is 39.4 Å². The molecule has 104 valence electrons. The maximum Gasteiger partial charge on any atom is 0.0991 e. The lowest BCUT2D eigenvalue weighted by Gasteiger charge is -2.13. The zero-order chi connectivity index (χ0) is 14.4. The van der Waals surface area contributed by atoms with Gasteiger partial charge in [-0.15, -0.1) is 0 Å². The number of nitrogens with zero attached hydrogens (tertiary/aromatic N) is 2. The van der Waals surface area contributed by atoms with Gasteiger partial charge < -0.3 is 9.88 Å². The van der Waals surface area contributed by atoms with E-state index in [2.05, 4.69) is 48.3 Å². The topological polar surface area (TPSA) is 40.8 Å². The number of rotatable bonds is 6. The first-order valence-electron chi connectivity index (χ1n) is 7.11. The molecule has 0 radical (unpaired) electrons. The molecule has 0 aliphatic carbocycles. The largest absolute Gasteiger partial charge is 0.354 e. The standard InChI is InChI=1S/C17H21N3/c1-3-9-20-10-8-16(13-20)12-19-14(2)17-6-4-15(11-18)5-7-17/h4-8,10,13-14,19H,3,9,12H2,1-2H3. The summed E-state index contributed by atoms with van der Waals surface area (Å²) in [5, 5.41) is 12.3. The van der Waals surface area contributed by atoms with Crippen LogP contribution >= 0.6 is 0 Å². The molecule has 1 atom stereocenters. The van der Waals surface area contributed by atoms with E-state index < -0.39 is 0 Å². The minimum Gasteiger partial charge on any atom is -0.354 e. The van der Waals surface area contributed by atoms with Gasteiger partial charge >= 0.3 is 0 Å². The monoisotopic (exact) mass is 267 g/mol. The molecule has 3 heteroatoms. The second-order valence-corrected chi connectivity index (χ2v) is 5.09. The van der Waals surface area contributed by atoms with E-state index in [1.165, 1.54) is 11.1 Å². The predicted molar refractivity (Wildman–Crippen MR) is 81.1 cm³/mol. The third-order valence-electron chi connectivity index (χ3n) is 3.45. The van der Waals surface area contributed by atoms with Gasteiger partial charge in [-0.1, -0.05) is 19.1 Å². The minimum atomic E-state index is 0.275. The summed E-state index contributed by atoms with van der Waals surface area (Å²) >= 11 is 0. The van der Waals surface area contributed by atoms with Gasteiger partial charge in [0.1, 0.15) is 0 Å². The molecule has 0 aliphatic rings. The van der Waals surface area contributed by atoms with Crippen molar-refractivity contribution in [3.05, 3.63) is 59.4 Å². The van der Waals surface area contributed by atoms with Crippen LogP contribution in [0.4, 0.5) is 0 Å². The number of hydrogen-bond acceptors (Lipinski definition) is 2. The first kappa shape index (κ1) is 14.4. The Morgan fingerprint density at radius 3 is 2.65 bits per heavy atom. The van der Waals surface area contributed by atoms with E-state index in [-0.39, 0.29) is 6.04 Å². The molecule has 0 spiro atoms. The van der Waals surface area contributed by atoms with Crippen molar-refractivity contribution < 1.29 is 0 Å². The summed E-state index contributed by atoms with van der Waals surface area (Å²) in [4.78, 5) is 0. The first-order valence-corrected chi connectivity index (χ1v) is 7.11. The van der Waals surface area contributed by atoms with Gasteiger partial charge in [-0.3, -0.25) is 0 Å². The van der Waals surface area contributed by atoms with Crippen LogP contribution in [-0.4, -0.2) is 4.57 Å². The number of nitriles is 1. The molecule has 1 aromatic heterocycles. The molecular formula is C17H21N3. The highest BCUT2D eigenvalue weighted by Crippen LogP contribution is 2.14. The van der Waals surface area contributed by atoms with Gasteiger partial charge in [-0.05, 0) is 42.7 Å². The molecule has 0 bridgehead atoms.